The van der Waals surface area contributed by atoms with Crippen molar-refractivity contribution in [3.8, 4) is 0 Å². The predicted molar refractivity (Wildman–Crippen MR) is 136 cm³/mol. The van der Waals surface area contributed by atoms with E-state index in [9.17, 15) is 4.79 Å². The van der Waals surface area contributed by atoms with E-state index in [4.69, 9.17) is 0 Å². The van der Waals surface area contributed by atoms with Crippen LogP contribution in [-0.4, -0.2) is 84.2 Å². The minimum absolute atomic E-state index is 0.353. The first-order valence-corrected chi connectivity index (χ1v) is 13.3. The number of hydrazone groups is 1. The average molecular weight is 460 g/mol. The van der Waals surface area contributed by atoms with Crippen LogP contribution in [0.25, 0.3) is 0 Å². The monoisotopic (exact) mass is 459 g/mol. The summed E-state index contributed by atoms with van der Waals surface area (Å²) in [6.07, 6.45) is 11.0. The second kappa shape index (κ2) is 9.21. The van der Waals surface area contributed by atoms with Gasteiger partial charge in [-0.2, -0.15) is 5.10 Å². The van der Waals surface area contributed by atoms with Gasteiger partial charge in [-0.3, -0.25) is 9.80 Å². The maximum atomic E-state index is 12.5. The van der Waals surface area contributed by atoms with Crippen molar-refractivity contribution in [1.29, 1.82) is 0 Å². The number of hydrogen-bond donors (Lipinski definition) is 0. The van der Waals surface area contributed by atoms with Crippen LogP contribution < -0.4 is 0 Å². The number of piperazine rings is 1. The molecule has 1 aromatic rings. The van der Waals surface area contributed by atoms with Gasteiger partial charge in [0.05, 0.1) is 17.9 Å². The number of allylic oxidation sites excluding steroid dienone is 1. The van der Waals surface area contributed by atoms with Gasteiger partial charge in [0.15, 0.2) is 0 Å². The molecular weight excluding hydrogens is 422 g/mol. The molecule has 2 saturated heterocycles. The van der Waals surface area contributed by atoms with E-state index in [-0.39, 0.29) is 0 Å². The summed E-state index contributed by atoms with van der Waals surface area (Å²) in [6, 6.07) is 9.38. The average Bonchev–Trinajstić information content (AvgIpc) is 3.38. The summed E-state index contributed by atoms with van der Waals surface area (Å²) >= 11 is 0. The Morgan fingerprint density at radius 3 is 2.41 bits per heavy atom. The maximum Gasteiger partial charge on any atom is 0.222 e. The van der Waals surface area contributed by atoms with E-state index < -0.39 is 0 Å². The lowest BCUT2D eigenvalue weighted by Crippen LogP contribution is -2.49. The predicted octanol–water partition coefficient (Wildman–Crippen LogP) is 3.61. The summed E-state index contributed by atoms with van der Waals surface area (Å²) in [4.78, 5) is 19.6. The van der Waals surface area contributed by atoms with Crippen molar-refractivity contribution in [2.75, 3.05) is 52.4 Å². The molecule has 4 aliphatic heterocycles. The third kappa shape index (κ3) is 4.40. The van der Waals surface area contributed by atoms with Crippen molar-refractivity contribution in [2.45, 2.75) is 44.4 Å². The van der Waals surface area contributed by atoms with E-state index in [1.807, 2.05) is 6.21 Å². The molecule has 1 amide bonds. The van der Waals surface area contributed by atoms with Gasteiger partial charge in [0, 0.05) is 51.3 Å². The van der Waals surface area contributed by atoms with Gasteiger partial charge in [0.2, 0.25) is 5.91 Å². The normalized spacial score (nSPS) is 27.1. The molecule has 1 aromatic carbocycles. The highest BCUT2D eigenvalue weighted by Crippen LogP contribution is 2.37. The molecule has 180 valence electrons. The summed E-state index contributed by atoms with van der Waals surface area (Å²) < 4.78 is 0. The number of benzene rings is 1. The van der Waals surface area contributed by atoms with Crippen LogP contribution in [0.1, 0.15) is 55.6 Å². The summed E-state index contributed by atoms with van der Waals surface area (Å²) in [5.41, 5.74) is 5.34. The van der Waals surface area contributed by atoms with Crippen molar-refractivity contribution in [3.05, 3.63) is 58.9 Å². The van der Waals surface area contributed by atoms with Crippen molar-refractivity contribution in [1.82, 2.24) is 19.7 Å². The number of fused-ring (bicyclic) bond motifs is 1. The first kappa shape index (κ1) is 21.9. The Hall–Kier alpha value is -2.60. The van der Waals surface area contributed by atoms with Crippen LogP contribution in [0.2, 0.25) is 0 Å². The van der Waals surface area contributed by atoms with Crippen LogP contribution in [0.15, 0.2) is 52.9 Å². The number of hydrogen-bond acceptors (Lipinski definition) is 5. The van der Waals surface area contributed by atoms with E-state index in [0.29, 0.717) is 23.7 Å². The second-order valence-electron chi connectivity index (χ2n) is 10.6. The molecular formula is C28H37N5O. The molecule has 0 aromatic heterocycles. The molecule has 2 atom stereocenters. The van der Waals surface area contributed by atoms with E-state index in [1.54, 1.807) is 0 Å². The molecule has 5 aliphatic rings. The number of amides is 1. The van der Waals surface area contributed by atoms with Crippen LogP contribution in [0, 0.1) is 5.92 Å². The summed E-state index contributed by atoms with van der Waals surface area (Å²) in [6.45, 7) is 10.2. The second-order valence-corrected chi connectivity index (χ2v) is 10.6. The van der Waals surface area contributed by atoms with E-state index in [1.165, 1.54) is 54.9 Å². The Kier molecular flexibility index (Phi) is 5.94. The minimum Gasteiger partial charge on any atom is -0.366 e. The minimum atomic E-state index is 0.353. The van der Waals surface area contributed by atoms with Crippen molar-refractivity contribution in [3.63, 3.8) is 0 Å². The Morgan fingerprint density at radius 2 is 1.71 bits per heavy atom. The van der Waals surface area contributed by atoms with Gasteiger partial charge in [-0.25, -0.2) is 0 Å². The molecule has 0 bridgehead atoms. The number of likely N-dealkylation sites (N-methyl/N-ethyl adjacent to an activating group) is 1. The molecule has 0 radical (unpaired) electrons. The molecule has 3 fully saturated rings. The van der Waals surface area contributed by atoms with Gasteiger partial charge in [-0.15, -0.1) is 0 Å². The largest absolute Gasteiger partial charge is 0.366 e. The molecule has 6 rings (SSSR count). The molecule has 6 heteroatoms. The Labute approximate surface area is 203 Å². The highest BCUT2D eigenvalue weighted by Gasteiger charge is 2.33. The van der Waals surface area contributed by atoms with Crippen LogP contribution in [0.4, 0.5) is 0 Å². The smallest absolute Gasteiger partial charge is 0.222 e. The van der Waals surface area contributed by atoms with Crippen LogP contribution in [0.3, 0.4) is 0 Å². The van der Waals surface area contributed by atoms with Crippen molar-refractivity contribution >= 4 is 12.1 Å². The van der Waals surface area contributed by atoms with Crippen LogP contribution >= 0.6 is 0 Å². The lowest BCUT2D eigenvalue weighted by molar-refractivity contribution is -0.133. The molecule has 0 spiro atoms. The lowest BCUT2D eigenvalue weighted by Gasteiger charge is -2.39. The molecule has 34 heavy (non-hydrogen) atoms. The number of likely N-dealkylation sites (tertiary alicyclic amines) is 1. The van der Waals surface area contributed by atoms with Crippen LogP contribution in [0.5, 0.6) is 0 Å². The number of carbonyl (C=O) groups is 1. The summed E-state index contributed by atoms with van der Waals surface area (Å²) in [5.74, 6) is 2.05. The fourth-order valence-corrected chi connectivity index (χ4v) is 5.98. The highest BCUT2D eigenvalue weighted by molar-refractivity contribution is 5.77. The quantitative estimate of drug-likeness (QED) is 0.652. The topological polar surface area (TPSA) is 42.4 Å². The summed E-state index contributed by atoms with van der Waals surface area (Å²) in [5, 5.41) is 6.82. The SMILES string of the molecule is CCN1CCC(c2ccc(C3C=C4C(N5CCN(C(=O)CC6CC6)CC5)=CC=NN4C3)cc2)C1. The standard InChI is InChI=1S/C28H37N5O/c1-2-30-12-10-24(19-30)22-5-7-23(8-6-22)25-18-27-26(9-11-29-33(27)20-25)31-13-15-32(16-14-31)28(34)17-21-3-4-21/h5-9,11,18,21,24-25H,2-4,10,12-17,19-20H2,1H3. The number of carbonyl (C=O) groups excluding carboxylic acids is 1. The van der Waals surface area contributed by atoms with Gasteiger partial charge < -0.3 is 14.7 Å². The number of nitrogens with zero attached hydrogens (tertiary/aromatic N) is 5. The Morgan fingerprint density at radius 1 is 0.941 bits per heavy atom. The molecule has 1 saturated carbocycles. The molecule has 1 aliphatic carbocycles. The third-order valence-electron chi connectivity index (χ3n) is 8.40. The van der Waals surface area contributed by atoms with Crippen molar-refractivity contribution in [2.24, 2.45) is 11.0 Å². The summed E-state index contributed by atoms with van der Waals surface area (Å²) in [7, 11) is 0. The van der Waals surface area contributed by atoms with Gasteiger partial charge in [-0.05, 0) is 67.5 Å². The Bertz CT molecular complexity index is 1000. The van der Waals surface area contributed by atoms with E-state index in [2.05, 4.69) is 68.2 Å². The van der Waals surface area contributed by atoms with Gasteiger partial charge in [-0.1, -0.05) is 31.2 Å². The zero-order valence-corrected chi connectivity index (χ0v) is 20.4. The molecule has 4 heterocycles. The van der Waals surface area contributed by atoms with Crippen LogP contribution in [-0.2, 0) is 4.79 Å². The van der Waals surface area contributed by atoms with Gasteiger partial charge >= 0.3 is 0 Å². The first-order chi connectivity index (χ1) is 16.7. The molecule has 0 N–H and O–H groups in total. The number of rotatable bonds is 6. The van der Waals surface area contributed by atoms with Gasteiger partial charge in [0.1, 0.15) is 0 Å². The maximum absolute atomic E-state index is 12.5. The molecule has 2 unspecified atom stereocenters. The lowest BCUT2D eigenvalue weighted by atomic mass is 9.93. The van der Waals surface area contributed by atoms with E-state index >= 15 is 0 Å². The fraction of sp³-hybridized carbons (Fsp3) is 0.571. The zero-order valence-electron chi connectivity index (χ0n) is 20.4. The molecule has 6 nitrogen and oxygen atoms in total. The first-order valence-electron chi connectivity index (χ1n) is 13.3. The fourth-order valence-electron chi connectivity index (χ4n) is 5.98. The van der Waals surface area contributed by atoms with Crippen molar-refractivity contribution < 1.29 is 4.79 Å². The Balaban J connectivity index is 1.10. The van der Waals surface area contributed by atoms with Gasteiger partial charge in [0.25, 0.3) is 0 Å². The zero-order chi connectivity index (χ0) is 23.1. The van der Waals surface area contributed by atoms with E-state index in [0.717, 1.165) is 45.7 Å². The highest BCUT2D eigenvalue weighted by atomic mass is 16.2. The third-order valence-corrected chi connectivity index (χ3v) is 8.40.